The average molecular weight is 420 g/mol. The van der Waals surface area contributed by atoms with Crippen LogP contribution in [-0.4, -0.2) is 22.2 Å². The number of phenols is 1. The molecule has 0 saturated heterocycles. The number of hydrogen-bond donors (Lipinski definition) is 1. The van der Waals surface area contributed by atoms with E-state index < -0.39 is 12.0 Å². The first-order chi connectivity index (χ1) is 14.5. The number of rotatable bonds is 4. The predicted octanol–water partition coefficient (Wildman–Crippen LogP) is 2.50. The molecule has 0 radical (unpaired) electrons. The van der Waals surface area contributed by atoms with Gasteiger partial charge < -0.3 is 9.84 Å². The van der Waals surface area contributed by atoms with E-state index in [-0.39, 0.29) is 17.9 Å². The van der Waals surface area contributed by atoms with Crippen LogP contribution in [0, 0.1) is 0 Å². The highest BCUT2D eigenvalue weighted by Crippen LogP contribution is 2.31. The van der Waals surface area contributed by atoms with Crippen LogP contribution in [0.25, 0.3) is 6.08 Å². The fourth-order valence-corrected chi connectivity index (χ4v) is 4.51. The normalized spacial score (nSPS) is 16.2. The van der Waals surface area contributed by atoms with Gasteiger partial charge in [-0.3, -0.25) is 9.36 Å². The highest BCUT2D eigenvalue weighted by molar-refractivity contribution is 7.07. The number of esters is 1. The average Bonchev–Trinajstić information content (AvgIpc) is 3.03. The molecule has 7 heteroatoms. The van der Waals surface area contributed by atoms with Crippen molar-refractivity contribution in [1.29, 1.82) is 0 Å². The number of carbonyl (C=O) groups is 1. The number of benzene rings is 2. The van der Waals surface area contributed by atoms with Crippen molar-refractivity contribution >= 4 is 23.4 Å². The van der Waals surface area contributed by atoms with Gasteiger partial charge in [-0.05, 0) is 43.2 Å². The zero-order valence-corrected chi connectivity index (χ0v) is 17.3. The molecule has 1 aliphatic heterocycles. The molecular weight excluding hydrogens is 400 g/mol. The maximum Gasteiger partial charge on any atom is 0.338 e. The Labute approximate surface area is 176 Å². The SMILES string of the molecule is CCOC(=O)C1=C(C)N=c2s/c(=C\c3ccccc3)c(=O)n2C1c1ccc(O)cc1. The minimum Gasteiger partial charge on any atom is -0.508 e. The quantitative estimate of drug-likeness (QED) is 0.658. The molecule has 0 saturated carbocycles. The second kappa shape index (κ2) is 8.12. The number of hydrogen-bond acceptors (Lipinski definition) is 6. The minimum atomic E-state index is -0.682. The first-order valence-electron chi connectivity index (χ1n) is 9.53. The molecule has 4 rings (SSSR count). The third-order valence-electron chi connectivity index (χ3n) is 4.82. The molecule has 0 amide bonds. The van der Waals surface area contributed by atoms with Gasteiger partial charge in [0.1, 0.15) is 5.75 Å². The molecule has 0 spiro atoms. The number of aromatic nitrogens is 1. The molecule has 0 bridgehead atoms. The van der Waals surface area contributed by atoms with Gasteiger partial charge in [-0.1, -0.05) is 53.8 Å². The maximum atomic E-state index is 13.4. The zero-order valence-electron chi connectivity index (χ0n) is 16.5. The molecule has 152 valence electrons. The lowest BCUT2D eigenvalue weighted by Gasteiger charge is -2.24. The van der Waals surface area contributed by atoms with E-state index in [1.165, 1.54) is 28.0 Å². The minimum absolute atomic E-state index is 0.105. The largest absolute Gasteiger partial charge is 0.508 e. The van der Waals surface area contributed by atoms with E-state index in [0.717, 1.165) is 5.56 Å². The third-order valence-corrected chi connectivity index (χ3v) is 5.81. The Morgan fingerprint density at radius 2 is 1.90 bits per heavy atom. The van der Waals surface area contributed by atoms with Gasteiger partial charge in [-0.2, -0.15) is 0 Å². The van der Waals surface area contributed by atoms with Gasteiger partial charge >= 0.3 is 5.97 Å². The van der Waals surface area contributed by atoms with Crippen molar-refractivity contribution in [3.05, 3.63) is 96.7 Å². The number of aromatic hydroxyl groups is 1. The molecule has 1 aliphatic rings. The van der Waals surface area contributed by atoms with Crippen LogP contribution in [0.3, 0.4) is 0 Å². The Morgan fingerprint density at radius 3 is 2.57 bits per heavy atom. The smallest absolute Gasteiger partial charge is 0.338 e. The number of fused-ring (bicyclic) bond motifs is 1. The fourth-order valence-electron chi connectivity index (χ4n) is 3.46. The zero-order chi connectivity index (χ0) is 21.3. The van der Waals surface area contributed by atoms with Gasteiger partial charge in [-0.15, -0.1) is 0 Å². The van der Waals surface area contributed by atoms with Gasteiger partial charge in [-0.25, -0.2) is 9.79 Å². The molecule has 0 fully saturated rings. The topological polar surface area (TPSA) is 80.9 Å². The summed E-state index contributed by atoms with van der Waals surface area (Å²) in [6.07, 6.45) is 1.82. The van der Waals surface area contributed by atoms with Crippen LogP contribution < -0.4 is 14.9 Å². The van der Waals surface area contributed by atoms with Crippen LogP contribution >= 0.6 is 11.3 Å². The first kappa shape index (κ1) is 19.8. The summed E-state index contributed by atoms with van der Waals surface area (Å²) in [6.45, 7) is 3.70. The van der Waals surface area contributed by atoms with Crippen LogP contribution in [-0.2, 0) is 9.53 Å². The number of carbonyl (C=O) groups excluding carboxylic acids is 1. The second-order valence-corrected chi connectivity index (χ2v) is 7.81. The molecule has 1 unspecified atom stereocenters. The summed E-state index contributed by atoms with van der Waals surface area (Å²) in [5.74, 6) is -0.400. The standard InChI is InChI=1S/C23H20N2O4S/c1-3-29-22(28)19-14(2)24-23-25(20(19)16-9-11-17(26)12-10-16)21(27)18(30-23)13-15-7-5-4-6-8-15/h4-13,20,26H,3H2,1-2H3/b18-13-. The summed E-state index contributed by atoms with van der Waals surface area (Å²) in [5, 5.41) is 9.69. The van der Waals surface area contributed by atoms with Gasteiger partial charge in [0.15, 0.2) is 4.80 Å². The van der Waals surface area contributed by atoms with Crippen LogP contribution in [0.2, 0.25) is 0 Å². The van der Waals surface area contributed by atoms with Gasteiger partial charge in [0.2, 0.25) is 0 Å². The Kier molecular flexibility index (Phi) is 5.37. The van der Waals surface area contributed by atoms with Crippen molar-refractivity contribution in [3.63, 3.8) is 0 Å². The van der Waals surface area contributed by atoms with Crippen molar-refractivity contribution in [1.82, 2.24) is 4.57 Å². The lowest BCUT2D eigenvalue weighted by Crippen LogP contribution is -2.39. The fraction of sp³-hybridized carbons (Fsp3) is 0.174. The molecule has 1 atom stereocenters. The number of allylic oxidation sites excluding steroid dienone is 1. The molecule has 2 heterocycles. The summed E-state index contributed by atoms with van der Waals surface area (Å²) in [7, 11) is 0. The van der Waals surface area contributed by atoms with Crippen molar-refractivity contribution in [3.8, 4) is 5.75 Å². The first-order valence-corrected chi connectivity index (χ1v) is 10.3. The Morgan fingerprint density at radius 1 is 1.20 bits per heavy atom. The second-order valence-electron chi connectivity index (χ2n) is 6.80. The van der Waals surface area contributed by atoms with Crippen molar-refractivity contribution in [2.75, 3.05) is 6.61 Å². The summed E-state index contributed by atoms with van der Waals surface area (Å²) in [6, 6.07) is 15.4. The Bertz CT molecular complexity index is 1300. The monoisotopic (exact) mass is 420 g/mol. The van der Waals surface area contributed by atoms with E-state index >= 15 is 0 Å². The van der Waals surface area contributed by atoms with Gasteiger partial charge in [0.05, 0.1) is 28.5 Å². The molecular formula is C23H20N2O4S. The maximum absolute atomic E-state index is 13.4. The van der Waals surface area contributed by atoms with Crippen LogP contribution in [0.4, 0.5) is 0 Å². The van der Waals surface area contributed by atoms with Gasteiger partial charge in [0.25, 0.3) is 5.56 Å². The van der Waals surface area contributed by atoms with E-state index in [1.807, 2.05) is 36.4 Å². The van der Waals surface area contributed by atoms with Crippen LogP contribution in [0.1, 0.15) is 31.0 Å². The Balaban J connectivity index is 1.96. The third kappa shape index (κ3) is 3.59. The van der Waals surface area contributed by atoms with E-state index in [2.05, 4.69) is 4.99 Å². The number of nitrogens with zero attached hydrogens (tertiary/aromatic N) is 2. The van der Waals surface area contributed by atoms with E-state index in [9.17, 15) is 14.7 Å². The number of ether oxygens (including phenoxy) is 1. The summed E-state index contributed by atoms with van der Waals surface area (Å²) in [5.41, 5.74) is 2.21. The van der Waals surface area contributed by atoms with Crippen molar-refractivity contribution < 1.29 is 14.6 Å². The summed E-state index contributed by atoms with van der Waals surface area (Å²) < 4.78 is 7.32. The van der Waals surface area contributed by atoms with Crippen LogP contribution in [0.5, 0.6) is 5.75 Å². The predicted molar refractivity (Wildman–Crippen MR) is 115 cm³/mol. The van der Waals surface area contributed by atoms with Crippen LogP contribution in [0.15, 0.2) is 75.7 Å². The highest BCUT2D eigenvalue weighted by atomic mass is 32.1. The molecule has 6 nitrogen and oxygen atoms in total. The molecule has 2 aromatic carbocycles. The van der Waals surface area contributed by atoms with Crippen molar-refractivity contribution in [2.45, 2.75) is 19.9 Å². The number of phenolic OH excluding ortho intramolecular Hbond substituents is 1. The molecule has 3 aromatic rings. The van der Waals surface area contributed by atoms with E-state index in [0.29, 0.717) is 26.2 Å². The summed E-state index contributed by atoms with van der Waals surface area (Å²) >= 11 is 1.28. The lowest BCUT2D eigenvalue weighted by atomic mass is 9.96. The van der Waals surface area contributed by atoms with Crippen molar-refractivity contribution in [2.24, 2.45) is 4.99 Å². The molecule has 30 heavy (non-hydrogen) atoms. The molecule has 0 aliphatic carbocycles. The van der Waals surface area contributed by atoms with E-state index in [1.54, 1.807) is 26.0 Å². The highest BCUT2D eigenvalue weighted by Gasteiger charge is 2.33. The number of thiazole rings is 1. The summed E-state index contributed by atoms with van der Waals surface area (Å²) in [4.78, 5) is 31.2. The molecule has 1 N–H and O–H groups in total. The van der Waals surface area contributed by atoms with E-state index in [4.69, 9.17) is 4.74 Å². The lowest BCUT2D eigenvalue weighted by molar-refractivity contribution is -0.139. The van der Waals surface area contributed by atoms with Gasteiger partial charge in [0, 0.05) is 0 Å². The molecule has 1 aromatic heterocycles. The Hall–Kier alpha value is -3.45.